The van der Waals surface area contributed by atoms with E-state index in [0.29, 0.717) is 17.7 Å². The number of nitriles is 1. The van der Waals surface area contributed by atoms with E-state index in [9.17, 15) is 9.59 Å². The molecule has 0 bridgehead atoms. The summed E-state index contributed by atoms with van der Waals surface area (Å²) in [5.41, 5.74) is 0.654. The van der Waals surface area contributed by atoms with Crippen molar-refractivity contribution >= 4 is 33.6 Å². The smallest absolute Gasteiger partial charge is 0.323 e. The maximum Gasteiger partial charge on any atom is 0.323 e. The number of amides is 2. The van der Waals surface area contributed by atoms with Gasteiger partial charge >= 0.3 is 12.0 Å². The van der Waals surface area contributed by atoms with Crippen molar-refractivity contribution in [3.63, 3.8) is 0 Å². The SMILES string of the molecule is CCC(C)N(CC(=O)O)C(=O)Nc1ccc(Br)cc1C#N. The molecule has 0 saturated carbocycles. The largest absolute Gasteiger partial charge is 0.480 e. The third-order valence-corrected chi connectivity index (χ3v) is 3.53. The Morgan fingerprint density at radius 2 is 2.19 bits per heavy atom. The molecule has 0 spiro atoms. The van der Waals surface area contributed by atoms with Crippen molar-refractivity contribution in [1.29, 1.82) is 5.26 Å². The van der Waals surface area contributed by atoms with Crippen LogP contribution in [0.15, 0.2) is 22.7 Å². The second-order valence-corrected chi connectivity index (χ2v) is 5.43. The lowest BCUT2D eigenvalue weighted by molar-refractivity contribution is -0.138. The summed E-state index contributed by atoms with van der Waals surface area (Å²) in [4.78, 5) is 24.3. The van der Waals surface area contributed by atoms with Gasteiger partial charge in [0.1, 0.15) is 12.6 Å². The summed E-state index contributed by atoms with van der Waals surface area (Å²) >= 11 is 3.25. The number of carboxylic acid groups (broad SMARTS) is 1. The third kappa shape index (κ3) is 4.76. The zero-order valence-corrected chi connectivity index (χ0v) is 13.3. The first-order chi connectivity index (χ1) is 9.88. The van der Waals surface area contributed by atoms with Gasteiger partial charge in [-0.25, -0.2) is 4.79 Å². The number of nitrogens with zero attached hydrogens (tertiary/aromatic N) is 2. The predicted molar refractivity (Wildman–Crippen MR) is 82.0 cm³/mol. The van der Waals surface area contributed by atoms with Crippen LogP contribution in [-0.2, 0) is 4.79 Å². The van der Waals surface area contributed by atoms with E-state index in [1.807, 2.05) is 13.0 Å². The minimum Gasteiger partial charge on any atom is -0.480 e. The van der Waals surface area contributed by atoms with Gasteiger partial charge in [-0.1, -0.05) is 22.9 Å². The summed E-state index contributed by atoms with van der Waals surface area (Å²) in [6, 6.07) is 6.10. The molecular formula is C14H16BrN3O3. The molecule has 0 aliphatic carbocycles. The van der Waals surface area contributed by atoms with Crippen molar-refractivity contribution in [2.24, 2.45) is 0 Å². The summed E-state index contributed by atoms with van der Waals surface area (Å²) in [6.07, 6.45) is 0.631. The number of halogens is 1. The molecule has 2 N–H and O–H groups in total. The molecule has 21 heavy (non-hydrogen) atoms. The molecule has 0 aromatic heterocycles. The van der Waals surface area contributed by atoms with Crippen LogP contribution in [0.1, 0.15) is 25.8 Å². The summed E-state index contributed by atoms with van der Waals surface area (Å²) in [6.45, 7) is 3.25. The highest BCUT2D eigenvalue weighted by atomic mass is 79.9. The number of hydrogen-bond acceptors (Lipinski definition) is 3. The standard InChI is InChI=1S/C14H16BrN3O3/c1-3-9(2)18(8-13(19)20)14(21)17-12-5-4-11(15)6-10(12)7-16/h4-6,9H,3,8H2,1-2H3,(H,17,21)(H,19,20). The molecule has 1 rings (SSSR count). The zero-order valence-electron chi connectivity index (χ0n) is 11.8. The van der Waals surface area contributed by atoms with Crippen LogP contribution < -0.4 is 5.32 Å². The second-order valence-electron chi connectivity index (χ2n) is 4.51. The lowest BCUT2D eigenvalue weighted by Gasteiger charge is -2.27. The van der Waals surface area contributed by atoms with E-state index in [1.54, 1.807) is 25.1 Å². The van der Waals surface area contributed by atoms with Crippen molar-refractivity contribution in [3.8, 4) is 6.07 Å². The van der Waals surface area contributed by atoms with Gasteiger partial charge in [0, 0.05) is 10.5 Å². The molecule has 0 saturated heterocycles. The predicted octanol–water partition coefficient (Wildman–Crippen LogP) is 3.04. The number of urea groups is 1. The van der Waals surface area contributed by atoms with Crippen LogP contribution in [0, 0.1) is 11.3 Å². The molecule has 1 aromatic carbocycles. The Morgan fingerprint density at radius 1 is 1.52 bits per heavy atom. The summed E-state index contributed by atoms with van der Waals surface area (Å²) < 4.78 is 0.723. The van der Waals surface area contributed by atoms with Crippen LogP contribution in [-0.4, -0.2) is 34.6 Å². The highest BCUT2D eigenvalue weighted by molar-refractivity contribution is 9.10. The first-order valence-electron chi connectivity index (χ1n) is 6.38. The maximum atomic E-state index is 12.2. The summed E-state index contributed by atoms with van der Waals surface area (Å²) in [7, 11) is 0. The van der Waals surface area contributed by atoms with Crippen molar-refractivity contribution in [2.45, 2.75) is 26.3 Å². The monoisotopic (exact) mass is 353 g/mol. The number of benzene rings is 1. The number of anilines is 1. The molecular weight excluding hydrogens is 338 g/mol. The highest BCUT2D eigenvalue weighted by Crippen LogP contribution is 2.21. The Labute approximate surface area is 131 Å². The topological polar surface area (TPSA) is 93.4 Å². The Morgan fingerprint density at radius 3 is 2.71 bits per heavy atom. The second kappa shape index (κ2) is 7.64. The van der Waals surface area contributed by atoms with Gasteiger partial charge in [0.2, 0.25) is 0 Å². The molecule has 0 radical (unpaired) electrons. The van der Waals surface area contributed by atoms with Gasteiger partial charge in [-0.2, -0.15) is 5.26 Å². The van der Waals surface area contributed by atoms with Gasteiger partial charge in [-0.05, 0) is 31.5 Å². The van der Waals surface area contributed by atoms with Gasteiger partial charge < -0.3 is 15.3 Å². The molecule has 1 aromatic rings. The maximum absolute atomic E-state index is 12.2. The van der Waals surface area contributed by atoms with Crippen molar-refractivity contribution in [2.75, 3.05) is 11.9 Å². The number of rotatable bonds is 5. The molecule has 1 atom stereocenters. The van der Waals surface area contributed by atoms with E-state index in [4.69, 9.17) is 10.4 Å². The van der Waals surface area contributed by atoms with Crippen molar-refractivity contribution in [1.82, 2.24) is 4.90 Å². The minimum absolute atomic E-state index is 0.220. The first-order valence-corrected chi connectivity index (χ1v) is 7.17. The third-order valence-electron chi connectivity index (χ3n) is 3.03. The number of carbonyl (C=O) groups is 2. The Balaban J connectivity index is 2.96. The van der Waals surface area contributed by atoms with E-state index < -0.39 is 12.0 Å². The average Bonchev–Trinajstić information content (AvgIpc) is 2.45. The average molecular weight is 354 g/mol. The van der Waals surface area contributed by atoms with E-state index in [0.717, 1.165) is 4.47 Å². The fourth-order valence-electron chi connectivity index (χ4n) is 1.70. The number of aliphatic carboxylic acids is 1. The minimum atomic E-state index is -1.08. The van der Waals surface area contributed by atoms with Gasteiger partial charge in [0.25, 0.3) is 0 Å². The molecule has 0 aliphatic heterocycles. The summed E-state index contributed by atoms with van der Waals surface area (Å²) in [5.74, 6) is -1.08. The van der Waals surface area contributed by atoms with Crippen LogP contribution in [0.5, 0.6) is 0 Å². The molecule has 6 nitrogen and oxygen atoms in total. The van der Waals surface area contributed by atoms with E-state index in [1.165, 1.54) is 4.90 Å². The molecule has 2 amide bonds. The lowest BCUT2D eigenvalue weighted by Crippen LogP contribution is -2.44. The molecule has 0 heterocycles. The van der Waals surface area contributed by atoms with Crippen LogP contribution >= 0.6 is 15.9 Å². The van der Waals surface area contributed by atoms with E-state index in [-0.39, 0.29) is 12.6 Å². The summed E-state index contributed by atoms with van der Waals surface area (Å²) in [5, 5.41) is 20.6. The Kier molecular flexibility index (Phi) is 6.18. The van der Waals surface area contributed by atoms with E-state index >= 15 is 0 Å². The van der Waals surface area contributed by atoms with Crippen LogP contribution in [0.4, 0.5) is 10.5 Å². The lowest BCUT2D eigenvalue weighted by atomic mass is 10.2. The first kappa shape index (κ1) is 17.0. The normalized spacial score (nSPS) is 11.3. The van der Waals surface area contributed by atoms with Crippen LogP contribution in [0.2, 0.25) is 0 Å². The molecule has 7 heteroatoms. The fraction of sp³-hybridized carbons (Fsp3) is 0.357. The number of carboxylic acids is 1. The number of carbonyl (C=O) groups excluding carboxylic acids is 1. The number of hydrogen-bond donors (Lipinski definition) is 2. The quantitative estimate of drug-likeness (QED) is 0.850. The Bertz CT molecular complexity index is 583. The van der Waals surface area contributed by atoms with Gasteiger partial charge in [-0.15, -0.1) is 0 Å². The van der Waals surface area contributed by atoms with Crippen LogP contribution in [0.25, 0.3) is 0 Å². The van der Waals surface area contributed by atoms with Crippen molar-refractivity contribution in [3.05, 3.63) is 28.2 Å². The molecule has 1 unspecified atom stereocenters. The number of nitrogens with one attached hydrogen (secondary N) is 1. The fourth-order valence-corrected chi connectivity index (χ4v) is 2.06. The Hall–Kier alpha value is -2.07. The van der Waals surface area contributed by atoms with Gasteiger partial charge in [0.15, 0.2) is 0 Å². The van der Waals surface area contributed by atoms with Crippen LogP contribution in [0.3, 0.4) is 0 Å². The molecule has 0 aliphatic rings. The van der Waals surface area contributed by atoms with Crippen molar-refractivity contribution < 1.29 is 14.7 Å². The highest BCUT2D eigenvalue weighted by Gasteiger charge is 2.22. The zero-order chi connectivity index (χ0) is 16.0. The molecule has 0 fully saturated rings. The van der Waals surface area contributed by atoms with Gasteiger partial charge in [0.05, 0.1) is 11.3 Å². The molecule has 112 valence electrons. The van der Waals surface area contributed by atoms with E-state index in [2.05, 4.69) is 21.2 Å². The van der Waals surface area contributed by atoms with Gasteiger partial charge in [-0.3, -0.25) is 4.79 Å².